The van der Waals surface area contributed by atoms with Gasteiger partial charge in [0.25, 0.3) is 0 Å². The van der Waals surface area contributed by atoms with Crippen LogP contribution in [0.3, 0.4) is 0 Å². The Hall–Kier alpha value is -3.94. The molecule has 1 saturated heterocycles. The Kier molecular flexibility index (Phi) is 4.18. The van der Waals surface area contributed by atoms with Crippen molar-refractivity contribution in [1.29, 1.82) is 5.26 Å². The zero-order valence-electron chi connectivity index (χ0n) is 15.7. The van der Waals surface area contributed by atoms with Crippen LogP contribution in [0.2, 0.25) is 0 Å². The zero-order chi connectivity index (χ0) is 21.9. The molecular weight excluding hydrogens is 413 g/mol. The average molecular weight is 426 g/mol. The molecule has 2 aliphatic rings. The number of imide groups is 1. The van der Waals surface area contributed by atoms with E-state index in [4.69, 9.17) is 5.26 Å². The van der Waals surface area contributed by atoms with Gasteiger partial charge in [-0.05, 0) is 36.5 Å². The monoisotopic (exact) mass is 426 g/mol. The van der Waals surface area contributed by atoms with Crippen LogP contribution in [0.15, 0.2) is 24.4 Å². The second-order valence-corrected chi connectivity index (χ2v) is 7.51. The van der Waals surface area contributed by atoms with Crippen LogP contribution in [-0.4, -0.2) is 33.1 Å². The van der Waals surface area contributed by atoms with Crippen molar-refractivity contribution in [3.63, 3.8) is 0 Å². The summed E-state index contributed by atoms with van der Waals surface area (Å²) in [5, 5.41) is 17.6. The molecule has 3 heterocycles. The highest BCUT2D eigenvalue weighted by atomic mass is 19.1. The highest BCUT2D eigenvalue weighted by Gasteiger charge is 2.45. The molecule has 0 radical (unpaired) electrons. The molecule has 2 aromatic heterocycles. The third-order valence-corrected chi connectivity index (χ3v) is 5.62. The molecule has 31 heavy (non-hydrogen) atoms. The lowest BCUT2D eigenvalue weighted by Gasteiger charge is -2.22. The standard InChI is InChI=1S/C20H13F3N6O2/c21-13-1-8(5-24)2-14(22)17(13)10-3-9(10)11-4-15(12-6-26-20(31)27-19(12)30)28-29-16(23)7-25-18(11)29/h1-2,4,7,9-10,12H,3,6H2,(H2,26,27,30,31)/t9-,10-,12?/m0/s1. The summed E-state index contributed by atoms with van der Waals surface area (Å²) in [4.78, 5) is 27.6. The minimum absolute atomic E-state index is 0.0219. The number of urea groups is 1. The second kappa shape index (κ2) is 6.80. The van der Waals surface area contributed by atoms with E-state index in [9.17, 15) is 22.8 Å². The molecule has 3 aromatic rings. The number of carbonyl (C=O) groups is 2. The number of hydrogen-bond acceptors (Lipinski definition) is 5. The summed E-state index contributed by atoms with van der Waals surface area (Å²) in [5.41, 5.74) is 0.610. The lowest BCUT2D eigenvalue weighted by Crippen LogP contribution is -2.51. The van der Waals surface area contributed by atoms with Crippen molar-refractivity contribution < 1.29 is 22.8 Å². The first-order valence-electron chi connectivity index (χ1n) is 9.39. The summed E-state index contributed by atoms with van der Waals surface area (Å²) in [6.45, 7) is -0.0219. The molecule has 1 aliphatic heterocycles. The van der Waals surface area contributed by atoms with Gasteiger partial charge in [0.1, 0.15) is 11.6 Å². The molecule has 5 rings (SSSR count). The summed E-state index contributed by atoms with van der Waals surface area (Å²) in [6.07, 6.45) is 1.35. The van der Waals surface area contributed by atoms with Crippen molar-refractivity contribution in [2.24, 2.45) is 0 Å². The Labute approximate surface area is 172 Å². The van der Waals surface area contributed by atoms with Gasteiger partial charge < -0.3 is 5.32 Å². The van der Waals surface area contributed by atoms with E-state index in [1.54, 1.807) is 12.1 Å². The van der Waals surface area contributed by atoms with Gasteiger partial charge in [0, 0.05) is 17.7 Å². The average Bonchev–Trinajstić information content (AvgIpc) is 3.41. The molecule has 1 saturated carbocycles. The number of aromatic nitrogens is 3. The van der Waals surface area contributed by atoms with E-state index in [1.165, 1.54) is 0 Å². The van der Waals surface area contributed by atoms with Crippen LogP contribution in [0, 0.1) is 28.9 Å². The number of nitriles is 1. The van der Waals surface area contributed by atoms with Crippen molar-refractivity contribution in [3.05, 3.63) is 64.4 Å². The van der Waals surface area contributed by atoms with Crippen LogP contribution in [0.25, 0.3) is 5.65 Å². The van der Waals surface area contributed by atoms with Crippen molar-refractivity contribution in [3.8, 4) is 6.07 Å². The minimum Gasteiger partial charge on any atom is -0.337 e. The van der Waals surface area contributed by atoms with E-state index in [2.05, 4.69) is 20.7 Å². The van der Waals surface area contributed by atoms with E-state index in [1.807, 2.05) is 0 Å². The van der Waals surface area contributed by atoms with Crippen molar-refractivity contribution >= 4 is 17.6 Å². The molecule has 3 atom stereocenters. The van der Waals surface area contributed by atoms with Gasteiger partial charge in [-0.2, -0.15) is 19.3 Å². The van der Waals surface area contributed by atoms with Gasteiger partial charge in [0.15, 0.2) is 5.65 Å². The van der Waals surface area contributed by atoms with Gasteiger partial charge in [0.2, 0.25) is 11.9 Å². The molecule has 1 aliphatic carbocycles. The lowest BCUT2D eigenvalue weighted by molar-refractivity contribution is -0.122. The van der Waals surface area contributed by atoms with Gasteiger partial charge in [-0.1, -0.05) is 0 Å². The number of benzene rings is 1. The largest absolute Gasteiger partial charge is 0.337 e. The number of fused-ring (bicyclic) bond motifs is 1. The maximum absolute atomic E-state index is 14.5. The van der Waals surface area contributed by atoms with Gasteiger partial charge in [0.05, 0.1) is 29.4 Å². The number of hydrogen-bond donors (Lipinski definition) is 2. The van der Waals surface area contributed by atoms with Gasteiger partial charge >= 0.3 is 6.03 Å². The first-order chi connectivity index (χ1) is 14.9. The maximum atomic E-state index is 14.5. The summed E-state index contributed by atoms with van der Waals surface area (Å²) in [6, 6.07) is 4.59. The first kappa shape index (κ1) is 19.0. The highest BCUT2D eigenvalue weighted by molar-refractivity contribution is 6.00. The molecule has 8 nitrogen and oxygen atoms in total. The molecule has 0 spiro atoms. The Bertz CT molecular complexity index is 1290. The van der Waals surface area contributed by atoms with E-state index < -0.39 is 41.4 Å². The summed E-state index contributed by atoms with van der Waals surface area (Å²) < 4.78 is 44.2. The van der Waals surface area contributed by atoms with Crippen LogP contribution in [-0.2, 0) is 4.79 Å². The van der Waals surface area contributed by atoms with E-state index in [0.717, 1.165) is 22.8 Å². The molecule has 2 fully saturated rings. The quantitative estimate of drug-likeness (QED) is 0.667. The van der Waals surface area contributed by atoms with Crippen LogP contribution in [0.4, 0.5) is 18.0 Å². The normalized spacial score (nSPS) is 22.7. The summed E-state index contributed by atoms with van der Waals surface area (Å²) >= 11 is 0. The number of amides is 3. The third-order valence-electron chi connectivity index (χ3n) is 5.62. The van der Waals surface area contributed by atoms with E-state index >= 15 is 0 Å². The van der Waals surface area contributed by atoms with Crippen molar-refractivity contribution in [1.82, 2.24) is 25.2 Å². The maximum Gasteiger partial charge on any atom is 0.321 e. The summed E-state index contributed by atoms with van der Waals surface area (Å²) in [5.74, 6) is -4.76. The Balaban J connectivity index is 1.56. The van der Waals surface area contributed by atoms with Crippen LogP contribution in [0.5, 0.6) is 0 Å². The number of rotatable bonds is 3. The Morgan fingerprint density at radius 2 is 1.87 bits per heavy atom. The van der Waals surface area contributed by atoms with E-state index in [0.29, 0.717) is 12.0 Å². The van der Waals surface area contributed by atoms with Crippen molar-refractivity contribution in [2.75, 3.05) is 6.54 Å². The topological polar surface area (TPSA) is 112 Å². The fourth-order valence-corrected chi connectivity index (χ4v) is 4.06. The molecular formula is C20H13F3N6O2. The molecule has 3 amide bonds. The molecule has 1 unspecified atom stereocenters. The summed E-state index contributed by atoms with van der Waals surface area (Å²) in [7, 11) is 0. The Morgan fingerprint density at radius 1 is 1.13 bits per heavy atom. The van der Waals surface area contributed by atoms with Crippen molar-refractivity contribution in [2.45, 2.75) is 24.2 Å². The van der Waals surface area contributed by atoms with Gasteiger partial charge in [-0.15, -0.1) is 0 Å². The predicted molar refractivity (Wildman–Crippen MR) is 98.4 cm³/mol. The molecule has 1 aromatic carbocycles. The van der Waals surface area contributed by atoms with E-state index in [-0.39, 0.29) is 34.9 Å². The molecule has 0 bridgehead atoms. The molecule has 2 N–H and O–H groups in total. The predicted octanol–water partition coefficient (Wildman–Crippen LogP) is 2.21. The first-order valence-corrected chi connectivity index (χ1v) is 9.39. The van der Waals surface area contributed by atoms with Crippen LogP contribution in [0.1, 0.15) is 46.6 Å². The van der Waals surface area contributed by atoms with Gasteiger partial charge in [-0.3, -0.25) is 10.1 Å². The number of halogens is 3. The third kappa shape index (κ3) is 3.07. The Morgan fingerprint density at radius 3 is 2.55 bits per heavy atom. The smallest absolute Gasteiger partial charge is 0.321 e. The zero-order valence-corrected chi connectivity index (χ0v) is 15.7. The number of nitrogens with zero attached hydrogens (tertiary/aromatic N) is 4. The van der Waals surface area contributed by atoms with Gasteiger partial charge in [-0.25, -0.2) is 18.6 Å². The SMILES string of the molecule is N#Cc1cc(F)c([C@H]2C[C@@H]2c2cc(C3CNC(=O)NC3=O)nn3c(F)cnc23)c(F)c1. The van der Waals surface area contributed by atoms with Crippen LogP contribution < -0.4 is 10.6 Å². The number of imidazole rings is 1. The molecule has 11 heteroatoms. The van der Waals surface area contributed by atoms with Crippen LogP contribution >= 0.6 is 0 Å². The fourth-order valence-electron chi connectivity index (χ4n) is 4.06. The second-order valence-electron chi connectivity index (χ2n) is 7.51. The fraction of sp³-hybridized carbons (Fsp3) is 0.250. The number of carbonyl (C=O) groups excluding carboxylic acids is 2. The molecule has 156 valence electrons. The lowest BCUT2D eigenvalue weighted by atomic mass is 9.98. The highest BCUT2D eigenvalue weighted by Crippen LogP contribution is 2.56. The minimum atomic E-state index is -0.858. The number of nitrogens with one attached hydrogen (secondary N) is 2.